The lowest BCUT2D eigenvalue weighted by Crippen LogP contribution is -2.38. The van der Waals surface area contributed by atoms with Crippen molar-refractivity contribution in [3.8, 4) is 0 Å². The average Bonchev–Trinajstić information content (AvgIpc) is 3.26. The van der Waals surface area contributed by atoms with E-state index in [1.807, 2.05) is 19.2 Å². The van der Waals surface area contributed by atoms with Crippen LogP contribution in [0.3, 0.4) is 0 Å². The average molecular weight is 260 g/mol. The molecule has 1 aliphatic carbocycles. The summed E-state index contributed by atoms with van der Waals surface area (Å²) in [5, 5.41) is 0. The maximum atomic E-state index is 12.4. The van der Waals surface area contributed by atoms with Crippen LogP contribution >= 0.6 is 0 Å². The van der Waals surface area contributed by atoms with Crippen molar-refractivity contribution in [3.63, 3.8) is 0 Å². The molecule has 1 atom stereocenters. The molecular weight excluding hydrogens is 236 g/mol. The number of benzene rings is 1. The summed E-state index contributed by atoms with van der Waals surface area (Å²) in [4.78, 5) is 14.1. The Hall–Kier alpha value is -1.35. The molecular formula is C16H24N2O. The molecule has 3 nitrogen and oxygen atoms in total. The Morgan fingerprint density at radius 1 is 1.37 bits per heavy atom. The molecule has 0 heterocycles. The van der Waals surface area contributed by atoms with Gasteiger partial charge in [-0.2, -0.15) is 0 Å². The normalized spacial score (nSPS) is 17.9. The van der Waals surface area contributed by atoms with E-state index in [9.17, 15) is 4.79 Å². The molecule has 1 amide bonds. The van der Waals surface area contributed by atoms with E-state index in [-0.39, 0.29) is 11.3 Å². The van der Waals surface area contributed by atoms with Gasteiger partial charge in [0.15, 0.2) is 0 Å². The van der Waals surface area contributed by atoms with Gasteiger partial charge in [0.05, 0.1) is 5.41 Å². The van der Waals surface area contributed by atoms with Crippen molar-refractivity contribution in [1.82, 2.24) is 0 Å². The van der Waals surface area contributed by atoms with E-state index < -0.39 is 0 Å². The second-order valence-corrected chi connectivity index (χ2v) is 5.75. The minimum Gasteiger partial charge on any atom is -0.329 e. The molecule has 0 bridgehead atoms. The molecule has 104 valence electrons. The Kier molecular flexibility index (Phi) is 3.95. The smallest absolute Gasteiger partial charge is 0.234 e. The Labute approximate surface area is 115 Å². The predicted molar refractivity (Wildman–Crippen MR) is 79.3 cm³/mol. The molecule has 1 unspecified atom stereocenters. The number of anilines is 1. The Morgan fingerprint density at radius 2 is 1.95 bits per heavy atom. The molecule has 1 saturated carbocycles. The minimum absolute atomic E-state index is 0.159. The van der Waals surface area contributed by atoms with Crippen LogP contribution in [0, 0.1) is 5.41 Å². The highest BCUT2D eigenvalue weighted by atomic mass is 16.2. The van der Waals surface area contributed by atoms with E-state index in [4.69, 9.17) is 5.73 Å². The highest BCUT2D eigenvalue weighted by molar-refractivity contribution is 5.99. The lowest BCUT2D eigenvalue weighted by molar-refractivity contribution is -0.123. The summed E-state index contributed by atoms with van der Waals surface area (Å²) in [6.45, 7) is 4.87. The molecule has 0 radical (unpaired) electrons. The second kappa shape index (κ2) is 5.33. The van der Waals surface area contributed by atoms with Gasteiger partial charge in [-0.3, -0.25) is 4.79 Å². The molecule has 0 saturated heterocycles. The maximum Gasteiger partial charge on any atom is 0.234 e. The van der Waals surface area contributed by atoms with E-state index in [1.165, 1.54) is 5.56 Å². The van der Waals surface area contributed by atoms with E-state index in [2.05, 4.69) is 26.0 Å². The first-order chi connectivity index (χ1) is 9.04. The van der Waals surface area contributed by atoms with Crippen molar-refractivity contribution in [2.24, 2.45) is 11.1 Å². The van der Waals surface area contributed by atoms with E-state index in [0.717, 1.165) is 24.9 Å². The topological polar surface area (TPSA) is 46.3 Å². The fourth-order valence-corrected chi connectivity index (χ4v) is 2.39. The molecule has 1 fully saturated rings. The largest absolute Gasteiger partial charge is 0.329 e. The number of hydrogen-bond donors (Lipinski definition) is 1. The van der Waals surface area contributed by atoms with Crippen molar-refractivity contribution in [2.45, 2.75) is 39.0 Å². The summed E-state index contributed by atoms with van der Waals surface area (Å²) in [5.41, 5.74) is 7.73. The van der Waals surface area contributed by atoms with Crippen LogP contribution in [-0.4, -0.2) is 19.5 Å². The van der Waals surface area contributed by atoms with Gasteiger partial charge in [-0.1, -0.05) is 26.0 Å². The number of carbonyl (C=O) groups excluding carboxylic acids is 1. The standard InChI is InChI=1S/C16H24N2O/c1-4-12(2)13-5-7-14(8-6-13)18(3)15(19)16(11-17)9-10-16/h5-8,12H,4,9-11,17H2,1-3H3. The van der Waals surface area contributed by atoms with Crippen molar-refractivity contribution >= 4 is 11.6 Å². The van der Waals surface area contributed by atoms with Gasteiger partial charge in [-0.25, -0.2) is 0 Å². The fraction of sp³-hybridized carbons (Fsp3) is 0.562. The van der Waals surface area contributed by atoms with Gasteiger partial charge >= 0.3 is 0 Å². The van der Waals surface area contributed by atoms with Crippen molar-refractivity contribution in [1.29, 1.82) is 0 Å². The predicted octanol–water partition coefficient (Wildman–Crippen LogP) is 2.90. The number of amides is 1. The molecule has 19 heavy (non-hydrogen) atoms. The van der Waals surface area contributed by atoms with Crippen molar-refractivity contribution in [2.75, 3.05) is 18.5 Å². The molecule has 3 heteroatoms. The Morgan fingerprint density at radius 3 is 2.37 bits per heavy atom. The lowest BCUT2D eigenvalue weighted by Gasteiger charge is -2.23. The van der Waals surface area contributed by atoms with Crippen LogP contribution < -0.4 is 10.6 Å². The molecule has 2 N–H and O–H groups in total. The zero-order valence-electron chi connectivity index (χ0n) is 12.1. The molecule has 1 aliphatic rings. The van der Waals surface area contributed by atoms with Gasteiger partial charge in [0.25, 0.3) is 0 Å². The summed E-state index contributed by atoms with van der Waals surface area (Å²) >= 11 is 0. The number of carbonyl (C=O) groups is 1. The first kappa shape index (κ1) is 14.1. The van der Waals surface area contributed by atoms with Crippen LogP contribution in [0.5, 0.6) is 0 Å². The van der Waals surface area contributed by atoms with Gasteiger partial charge < -0.3 is 10.6 Å². The molecule has 0 aliphatic heterocycles. The molecule has 1 aromatic carbocycles. The summed E-state index contributed by atoms with van der Waals surface area (Å²) in [7, 11) is 1.84. The molecule has 0 spiro atoms. The van der Waals surface area contributed by atoms with Crippen LogP contribution in [0.15, 0.2) is 24.3 Å². The van der Waals surface area contributed by atoms with Gasteiger partial charge in [0, 0.05) is 19.3 Å². The summed E-state index contributed by atoms with van der Waals surface area (Å²) in [6.07, 6.45) is 2.99. The van der Waals surface area contributed by atoms with Gasteiger partial charge in [-0.15, -0.1) is 0 Å². The second-order valence-electron chi connectivity index (χ2n) is 5.75. The van der Waals surface area contributed by atoms with Crippen LogP contribution in [0.4, 0.5) is 5.69 Å². The molecule has 1 aromatic rings. The van der Waals surface area contributed by atoms with E-state index in [1.54, 1.807) is 4.90 Å². The van der Waals surface area contributed by atoms with Crippen LogP contribution in [0.2, 0.25) is 0 Å². The summed E-state index contributed by atoms with van der Waals surface area (Å²) in [6, 6.07) is 8.31. The third kappa shape index (κ3) is 2.66. The minimum atomic E-state index is -0.274. The maximum absolute atomic E-state index is 12.4. The van der Waals surface area contributed by atoms with Crippen molar-refractivity contribution < 1.29 is 4.79 Å². The zero-order valence-corrected chi connectivity index (χ0v) is 12.1. The monoisotopic (exact) mass is 260 g/mol. The summed E-state index contributed by atoms with van der Waals surface area (Å²) < 4.78 is 0. The van der Waals surface area contributed by atoms with Crippen LogP contribution in [-0.2, 0) is 4.79 Å². The fourth-order valence-electron chi connectivity index (χ4n) is 2.39. The highest BCUT2D eigenvalue weighted by Crippen LogP contribution is 2.46. The zero-order chi connectivity index (χ0) is 14.0. The van der Waals surface area contributed by atoms with Crippen molar-refractivity contribution in [3.05, 3.63) is 29.8 Å². The Bertz CT molecular complexity index is 448. The number of rotatable bonds is 5. The van der Waals surface area contributed by atoms with Crippen LogP contribution in [0.1, 0.15) is 44.6 Å². The Balaban J connectivity index is 2.11. The van der Waals surface area contributed by atoms with Crippen LogP contribution in [0.25, 0.3) is 0 Å². The first-order valence-corrected chi connectivity index (χ1v) is 7.12. The molecule has 2 rings (SSSR count). The quantitative estimate of drug-likeness (QED) is 0.884. The number of nitrogens with two attached hydrogens (primary N) is 1. The van der Waals surface area contributed by atoms with E-state index >= 15 is 0 Å². The highest BCUT2D eigenvalue weighted by Gasteiger charge is 2.50. The van der Waals surface area contributed by atoms with Gasteiger partial charge in [-0.05, 0) is 42.9 Å². The summed E-state index contributed by atoms with van der Waals surface area (Å²) in [5.74, 6) is 0.722. The number of hydrogen-bond acceptors (Lipinski definition) is 2. The van der Waals surface area contributed by atoms with E-state index in [0.29, 0.717) is 12.5 Å². The third-order valence-corrected chi connectivity index (χ3v) is 4.46. The van der Waals surface area contributed by atoms with Gasteiger partial charge in [0.1, 0.15) is 0 Å². The third-order valence-electron chi connectivity index (χ3n) is 4.46. The number of nitrogens with zero attached hydrogens (tertiary/aromatic N) is 1. The van der Waals surface area contributed by atoms with Gasteiger partial charge in [0.2, 0.25) is 5.91 Å². The first-order valence-electron chi connectivity index (χ1n) is 7.12. The lowest BCUT2D eigenvalue weighted by atomic mass is 9.98. The molecule has 0 aromatic heterocycles. The SMILES string of the molecule is CCC(C)c1ccc(N(C)C(=O)C2(CN)CC2)cc1.